The van der Waals surface area contributed by atoms with E-state index in [0.29, 0.717) is 24.8 Å². The first-order chi connectivity index (χ1) is 8.79. The maximum atomic E-state index is 13.6. The summed E-state index contributed by atoms with van der Waals surface area (Å²) in [6.45, 7) is 4.03. The lowest BCUT2D eigenvalue weighted by atomic mass is 10.1. The number of unbranched alkanes of at least 4 members (excludes halogenated alkanes) is 1. The number of hydrogen-bond donors (Lipinski definition) is 1. The number of hydrogen-bond acceptors (Lipinski definition) is 2. The Labute approximate surface area is 109 Å². The van der Waals surface area contributed by atoms with Gasteiger partial charge in [-0.25, -0.2) is 4.39 Å². The summed E-state index contributed by atoms with van der Waals surface area (Å²) in [5, 5.41) is 3.43. The molecule has 0 amide bonds. The van der Waals surface area contributed by atoms with Crippen LogP contribution in [-0.2, 0) is 17.9 Å². The van der Waals surface area contributed by atoms with E-state index in [1.54, 1.807) is 6.07 Å². The van der Waals surface area contributed by atoms with Crippen LogP contribution in [0.1, 0.15) is 43.7 Å². The smallest absolute Gasteiger partial charge is 0.128 e. The number of halogens is 1. The van der Waals surface area contributed by atoms with Gasteiger partial charge < -0.3 is 10.1 Å². The first kappa shape index (κ1) is 13.5. The second kappa shape index (κ2) is 6.86. The highest BCUT2D eigenvalue weighted by atomic mass is 19.1. The number of rotatable bonds is 8. The highest BCUT2D eigenvalue weighted by molar-refractivity contribution is 5.24. The molecule has 1 saturated carbocycles. The van der Waals surface area contributed by atoms with Gasteiger partial charge in [0.2, 0.25) is 0 Å². The van der Waals surface area contributed by atoms with Crippen molar-refractivity contribution in [2.24, 2.45) is 0 Å². The molecule has 3 heteroatoms. The van der Waals surface area contributed by atoms with Gasteiger partial charge in [0, 0.05) is 24.8 Å². The van der Waals surface area contributed by atoms with Crippen LogP contribution >= 0.6 is 0 Å². The predicted octanol–water partition coefficient (Wildman–Crippen LogP) is 3.39. The molecule has 0 spiro atoms. The molecule has 1 aromatic rings. The maximum absolute atomic E-state index is 13.6. The van der Waals surface area contributed by atoms with Crippen LogP contribution in [0.5, 0.6) is 0 Å². The lowest BCUT2D eigenvalue weighted by Gasteiger charge is -2.08. The molecule has 0 saturated heterocycles. The Bertz CT molecular complexity index is 377. The van der Waals surface area contributed by atoms with Crippen LogP contribution in [-0.4, -0.2) is 12.6 Å². The molecule has 0 radical (unpaired) electrons. The van der Waals surface area contributed by atoms with Crippen molar-refractivity contribution in [2.45, 2.75) is 51.8 Å². The molecular formula is C15H22FNO. The Morgan fingerprint density at radius 3 is 2.94 bits per heavy atom. The molecule has 2 nitrogen and oxygen atoms in total. The van der Waals surface area contributed by atoms with Crippen LogP contribution in [0, 0.1) is 5.82 Å². The number of nitrogens with one attached hydrogen (secondary N) is 1. The molecule has 1 N–H and O–H groups in total. The summed E-state index contributed by atoms with van der Waals surface area (Å²) in [7, 11) is 0. The molecule has 0 atom stereocenters. The van der Waals surface area contributed by atoms with Crippen molar-refractivity contribution in [3.63, 3.8) is 0 Å². The van der Waals surface area contributed by atoms with Gasteiger partial charge in [-0.3, -0.25) is 0 Å². The largest absolute Gasteiger partial charge is 0.377 e. The Kier molecular flexibility index (Phi) is 5.14. The van der Waals surface area contributed by atoms with Crippen molar-refractivity contribution in [3.8, 4) is 0 Å². The molecule has 0 unspecified atom stereocenters. The molecule has 0 aliphatic heterocycles. The van der Waals surface area contributed by atoms with Gasteiger partial charge in [0.05, 0.1) is 6.61 Å². The van der Waals surface area contributed by atoms with Crippen LogP contribution in [0.3, 0.4) is 0 Å². The zero-order chi connectivity index (χ0) is 12.8. The van der Waals surface area contributed by atoms with Crippen LogP contribution in [0.4, 0.5) is 4.39 Å². The second-order valence-corrected chi connectivity index (χ2v) is 4.99. The SMILES string of the molecule is CCCCOCc1cc(CNC2CC2)ccc1F. The van der Waals surface area contributed by atoms with E-state index in [-0.39, 0.29) is 5.82 Å². The number of benzene rings is 1. The first-order valence-electron chi connectivity index (χ1n) is 6.88. The summed E-state index contributed by atoms with van der Waals surface area (Å²) in [5.74, 6) is -0.165. The lowest BCUT2D eigenvalue weighted by Crippen LogP contribution is -2.15. The normalized spacial score (nSPS) is 15.0. The highest BCUT2D eigenvalue weighted by Gasteiger charge is 2.20. The van der Waals surface area contributed by atoms with E-state index in [1.165, 1.54) is 12.8 Å². The molecule has 1 aliphatic rings. The third-order valence-corrected chi connectivity index (χ3v) is 3.18. The summed E-state index contributed by atoms with van der Waals surface area (Å²) in [6, 6.07) is 5.98. The van der Waals surface area contributed by atoms with Crippen molar-refractivity contribution < 1.29 is 9.13 Å². The third-order valence-electron chi connectivity index (χ3n) is 3.18. The van der Waals surface area contributed by atoms with E-state index in [9.17, 15) is 4.39 Å². The fourth-order valence-electron chi connectivity index (χ4n) is 1.83. The Morgan fingerprint density at radius 1 is 1.39 bits per heavy atom. The maximum Gasteiger partial charge on any atom is 0.128 e. The molecule has 2 rings (SSSR count). The van der Waals surface area contributed by atoms with Crippen molar-refractivity contribution >= 4 is 0 Å². The minimum absolute atomic E-state index is 0.165. The summed E-state index contributed by atoms with van der Waals surface area (Å²) >= 11 is 0. The lowest BCUT2D eigenvalue weighted by molar-refractivity contribution is 0.115. The number of ether oxygens (including phenoxy) is 1. The van der Waals surface area contributed by atoms with Crippen molar-refractivity contribution in [1.29, 1.82) is 0 Å². The third kappa shape index (κ3) is 4.39. The minimum atomic E-state index is -0.165. The van der Waals surface area contributed by atoms with E-state index < -0.39 is 0 Å². The molecule has 1 aromatic carbocycles. The molecule has 1 aliphatic carbocycles. The van der Waals surface area contributed by atoms with Gasteiger partial charge in [0.25, 0.3) is 0 Å². The van der Waals surface area contributed by atoms with E-state index in [4.69, 9.17) is 4.74 Å². The summed E-state index contributed by atoms with van der Waals surface area (Å²) in [4.78, 5) is 0. The van der Waals surface area contributed by atoms with E-state index in [0.717, 1.165) is 24.9 Å². The molecule has 18 heavy (non-hydrogen) atoms. The van der Waals surface area contributed by atoms with Gasteiger partial charge in [0.1, 0.15) is 5.82 Å². The Balaban J connectivity index is 1.84. The van der Waals surface area contributed by atoms with Gasteiger partial charge in [-0.15, -0.1) is 0 Å². The zero-order valence-corrected chi connectivity index (χ0v) is 11.0. The molecule has 0 bridgehead atoms. The highest BCUT2D eigenvalue weighted by Crippen LogP contribution is 2.20. The van der Waals surface area contributed by atoms with E-state index in [2.05, 4.69) is 12.2 Å². The van der Waals surface area contributed by atoms with Gasteiger partial charge in [0.15, 0.2) is 0 Å². The van der Waals surface area contributed by atoms with Crippen LogP contribution in [0.15, 0.2) is 18.2 Å². The average Bonchev–Trinajstić information content (AvgIpc) is 3.19. The predicted molar refractivity (Wildman–Crippen MR) is 70.8 cm³/mol. The molecule has 100 valence electrons. The van der Waals surface area contributed by atoms with Gasteiger partial charge in [-0.2, -0.15) is 0 Å². The van der Waals surface area contributed by atoms with Gasteiger partial charge in [-0.05, 0) is 37.0 Å². The monoisotopic (exact) mass is 251 g/mol. The average molecular weight is 251 g/mol. The fraction of sp³-hybridized carbons (Fsp3) is 0.600. The van der Waals surface area contributed by atoms with Gasteiger partial charge >= 0.3 is 0 Å². The van der Waals surface area contributed by atoms with E-state index >= 15 is 0 Å². The first-order valence-corrected chi connectivity index (χ1v) is 6.88. The minimum Gasteiger partial charge on any atom is -0.377 e. The Morgan fingerprint density at radius 2 is 2.22 bits per heavy atom. The van der Waals surface area contributed by atoms with Crippen molar-refractivity contribution in [1.82, 2.24) is 5.32 Å². The van der Waals surface area contributed by atoms with Gasteiger partial charge in [-0.1, -0.05) is 19.4 Å². The zero-order valence-electron chi connectivity index (χ0n) is 11.0. The molecule has 0 aromatic heterocycles. The van der Waals surface area contributed by atoms with E-state index in [1.807, 2.05) is 12.1 Å². The molecular weight excluding hydrogens is 229 g/mol. The summed E-state index contributed by atoms with van der Waals surface area (Å²) in [5.41, 5.74) is 1.80. The molecule has 1 fully saturated rings. The quantitative estimate of drug-likeness (QED) is 0.715. The standard InChI is InChI=1S/C15H22FNO/c1-2-3-8-18-11-13-9-12(4-7-15(13)16)10-17-14-5-6-14/h4,7,9,14,17H,2-3,5-6,8,10-11H2,1H3. The fourth-order valence-corrected chi connectivity index (χ4v) is 1.83. The second-order valence-electron chi connectivity index (χ2n) is 4.99. The van der Waals surface area contributed by atoms with Crippen molar-refractivity contribution in [2.75, 3.05) is 6.61 Å². The van der Waals surface area contributed by atoms with Crippen LogP contribution in [0.25, 0.3) is 0 Å². The van der Waals surface area contributed by atoms with Crippen molar-refractivity contribution in [3.05, 3.63) is 35.1 Å². The summed E-state index contributed by atoms with van der Waals surface area (Å²) < 4.78 is 19.1. The van der Waals surface area contributed by atoms with Crippen LogP contribution < -0.4 is 5.32 Å². The Hall–Kier alpha value is -0.930. The topological polar surface area (TPSA) is 21.3 Å². The van der Waals surface area contributed by atoms with Crippen LogP contribution in [0.2, 0.25) is 0 Å². The molecule has 0 heterocycles. The summed E-state index contributed by atoms with van der Waals surface area (Å²) in [6.07, 6.45) is 4.68.